The number of carbonyl (C=O) groups is 1. The number of carbonyl (C=O) groups excluding carboxylic acids is 1. The van der Waals surface area contributed by atoms with Crippen molar-refractivity contribution in [3.8, 4) is 0 Å². The van der Waals surface area contributed by atoms with Gasteiger partial charge < -0.3 is 14.6 Å². The highest BCUT2D eigenvalue weighted by molar-refractivity contribution is 5.64. The van der Waals surface area contributed by atoms with E-state index in [1.54, 1.807) is 0 Å². The molecule has 0 fully saturated rings. The summed E-state index contributed by atoms with van der Waals surface area (Å²) in [4.78, 5) is 9.94. The van der Waals surface area contributed by atoms with E-state index in [9.17, 15) is 9.90 Å². The fourth-order valence-electron chi connectivity index (χ4n) is 0.580. The number of rotatable bonds is 4. The van der Waals surface area contributed by atoms with Crippen LogP contribution in [-0.4, -0.2) is 19.2 Å². The summed E-state index contributed by atoms with van der Waals surface area (Å²) >= 11 is 0. The SMILES string of the molecule is CCC(CC(=O)[O-])OC. The van der Waals surface area contributed by atoms with E-state index in [0.29, 0.717) is 6.42 Å². The lowest BCUT2D eigenvalue weighted by molar-refractivity contribution is -0.307. The van der Waals surface area contributed by atoms with E-state index < -0.39 is 5.97 Å². The highest BCUT2D eigenvalue weighted by atomic mass is 16.5. The predicted octanol–water partition coefficient (Wildman–Crippen LogP) is -0.449. The summed E-state index contributed by atoms with van der Waals surface area (Å²) in [6.45, 7) is 1.87. The largest absolute Gasteiger partial charge is 0.550 e. The zero-order valence-corrected chi connectivity index (χ0v) is 5.72. The lowest BCUT2D eigenvalue weighted by atomic mass is 10.2. The number of ether oxygens (including phenoxy) is 1. The Labute approximate surface area is 54.6 Å². The quantitative estimate of drug-likeness (QED) is 0.519. The molecule has 1 atom stereocenters. The van der Waals surface area contributed by atoms with Gasteiger partial charge in [0.15, 0.2) is 0 Å². The summed E-state index contributed by atoms with van der Waals surface area (Å²) in [5.74, 6) is -1.05. The second-order valence-electron chi connectivity index (χ2n) is 1.84. The minimum Gasteiger partial charge on any atom is -0.550 e. The van der Waals surface area contributed by atoms with E-state index in [0.717, 1.165) is 0 Å². The second kappa shape index (κ2) is 4.32. The van der Waals surface area contributed by atoms with Crippen LogP contribution >= 0.6 is 0 Å². The molecule has 3 heteroatoms. The smallest absolute Gasteiger partial charge is 0.0620 e. The molecule has 0 radical (unpaired) electrons. The summed E-state index contributed by atoms with van der Waals surface area (Å²) in [7, 11) is 1.50. The Bertz CT molecular complexity index is 86.3. The molecule has 0 bridgehead atoms. The van der Waals surface area contributed by atoms with Crippen LogP contribution in [0.3, 0.4) is 0 Å². The van der Waals surface area contributed by atoms with E-state index in [4.69, 9.17) is 4.74 Å². The van der Waals surface area contributed by atoms with Crippen LogP contribution < -0.4 is 5.11 Å². The van der Waals surface area contributed by atoms with Gasteiger partial charge in [0, 0.05) is 19.5 Å². The molecule has 0 heterocycles. The van der Waals surface area contributed by atoms with E-state index in [2.05, 4.69) is 0 Å². The molecule has 0 saturated carbocycles. The Kier molecular flexibility index (Phi) is 4.05. The second-order valence-corrected chi connectivity index (χ2v) is 1.84. The first-order valence-corrected chi connectivity index (χ1v) is 2.93. The molecule has 54 valence electrons. The molecule has 0 aliphatic heterocycles. The Morgan fingerprint density at radius 1 is 1.78 bits per heavy atom. The maximum absolute atomic E-state index is 9.94. The third kappa shape index (κ3) is 3.97. The van der Waals surface area contributed by atoms with E-state index in [1.165, 1.54) is 7.11 Å². The first-order valence-electron chi connectivity index (χ1n) is 2.93. The Morgan fingerprint density at radius 3 is 2.44 bits per heavy atom. The minimum atomic E-state index is -1.05. The minimum absolute atomic E-state index is 0.00694. The molecular weight excluding hydrogens is 120 g/mol. The third-order valence-electron chi connectivity index (χ3n) is 1.18. The molecule has 0 aromatic rings. The fourth-order valence-corrected chi connectivity index (χ4v) is 0.580. The molecule has 1 unspecified atom stereocenters. The van der Waals surface area contributed by atoms with Gasteiger partial charge in [0.05, 0.1) is 6.10 Å². The predicted molar refractivity (Wildman–Crippen MR) is 30.7 cm³/mol. The van der Waals surface area contributed by atoms with Crippen molar-refractivity contribution in [3.63, 3.8) is 0 Å². The summed E-state index contributed by atoms with van der Waals surface area (Å²) in [6, 6.07) is 0. The summed E-state index contributed by atoms with van der Waals surface area (Å²) in [5.41, 5.74) is 0. The standard InChI is InChI=1S/C6H12O3/c1-3-5(9-2)4-6(7)8/h5H,3-4H2,1-2H3,(H,7,8)/p-1. The lowest BCUT2D eigenvalue weighted by Gasteiger charge is -2.12. The molecule has 0 rings (SSSR count). The Balaban J connectivity index is 3.43. The summed E-state index contributed by atoms with van der Waals surface area (Å²) < 4.78 is 4.79. The van der Waals surface area contributed by atoms with E-state index >= 15 is 0 Å². The van der Waals surface area contributed by atoms with Crippen molar-refractivity contribution in [1.29, 1.82) is 0 Å². The third-order valence-corrected chi connectivity index (χ3v) is 1.18. The highest BCUT2D eigenvalue weighted by Gasteiger charge is 2.02. The van der Waals surface area contributed by atoms with Crippen molar-refractivity contribution in [2.45, 2.75) is 25.9 Å². The highest BCUT2D eigenvalue weighted by Crippen LogP contribution is 1.99. The van der Waals surface area contributed by atoms with Crippen molar-refractivity contribution in [2.24, 2.45) is 0 Å². The molecule has 0 amide bonds. The van der Waals surface area contributed by atoms with Crippen LogP contribution in [0.5, 0.6) is 0 Å². The van der Waals surface area contributed by atoms with Gasteiger partial charge in [0.2, 0.25) is 0 Å². The fraction of sp³-hybridized carbons (Fsp3) is 0.833. The number of hydrogen-bond acceptors (Lipinski definition) is 3. The molecule has 0 saturated heterocycles. The number of aliphatic carboxylic acids is 1. The number of carboxylic acid groups (broad SMARTS) is 1. The average molecular weight is 131 g/mol. The summed E-state index contributed by atoms with van der Waals surface area (Å²) in [6.07, 6.45) is 0.521. The number of methoxy groups -OCH3 is 1. The van der Waals surface area contributed by atoms with Gasteiger partial charge in [0.25, 0.3) is 0 Å². The van der Waals surface area contributed by atoms with Crippen molar-refractivity contribution in [3.05, 3.63) is 0 Å². The molecule has 0 N–H and O–H groups in total. The maximum Gasteiger partial charge on any atom is 0.0620 e. The number of carboxylic acids is 1. The number of hydrogen-bond donors (Lipinski definition) is 0. The van der Waals surface area contributed by atoms with Crippen LogP contribution in [0.2, 0.25) is 0 Å². The van der Waals surface area contributed by atoms with Gasteiger partial charge in [0.1, 0.15) is 0 Å². The molecule has 3 nitrogen and oxygen atoms in total. The topological polar surface area (TPSA) is 49.4 Å². The average Bonchev–Trinajstić information content (AvgIpc) is 1.82. The van der Waals surface area contributed by atoms with Gasteiger partial charge in [-0.05, 0) is 6.42 Å². The van der Waals surface area contributed by atoms with Crippen molar-refractivity contribution in [2.75, 3.05) is 7.11 Å². The zero-order valence-electron chi connectivity index (χ0n) is 5.72. The van der Waals surface area contributed by atoms with Crippen molar-refractivity contribution in [1.82, 2.24) is 0 Å². The Hall–Kier alpha value is -0.570. The van der Waals surface area contributed by atoms with Gasteiger partial charge in [-0.15, -0.1) is 0 Å². The van der Waals surface area contributed by atoms with Crippen LogP contribution in [0.1, 0.15) is 19.8 Å². The maximum atomic E-state index is 9.94. The van der Waals surface area contributed by atoms with Crippen LogP contribution in [-0.2, 0) is 9.53 Å². The lowest BCUT2D eigenvalue weighted by Crippen LogP contribution is -2.27. The summed E-state index contributed by atoms with van der Waals surface area (Å²) in [5, 5.41) is 9.94. The van der Waals surface area contributed by atoms with Gasteiger partial charge in [-0.25, -0.2) is 0 Å². The van der Waals surface area contributed by atoms with Crippen LogP contribution in [0.25, 0.3) is 0 Å². The normalized spacial score (nSPS) is 13.1. The van der Waals surface area contributed by atoms with Gasteiger partial charge >= 0.3 is 0 Å². The first-order chi connectivity index (χ1) is 4.20. The van der Waals surface area contributed by atoms with Gasteiger partial charge in [-0.2, -0.15) is 0 Å². The van der Waals surface area contributed by atoms with Crippen LogP contribution in [0, 0.1) is 0 Å². The Morgan fingerprint density at radius 2 is 2.33 bits per heavy atom. The van der Waals surface area contributed by atoms with Crippen molar-refractivity contribution < 1.29 is 14.6 Å². The van der Waals surface area contributed by atoms with Gasteiger partial charge in [-0.1, -0.05) is 6.92 Å². The van der Waals surface area contributed by atoms with Crippen LogP contribution in [0.4, 0.5) is 0 Å². The first kappa shape index (κ1) is 8.43. The molecule has 0 aromatic carbocycles. The van der Waals surface area contributed by atoms with E-state index in [1.807, 2.05) is 6.92 Å². The monoisotopic (exact) mass is 131 g/mol. The van der Waals surface area contributed by atoms with Crippen LogP contribution in [0.15, 0.2) is 0 Å². The van der Waals surface area contributed by atoms with Crippen molar-refractivity contribution >= 4 is 5.97 Å². The molecule has 0 aliphatic carbocycles. The molecule has 0 aromatic heterocycles. The molecule has 0 spiro atoms. The molecule has 0 aliphatic rings. The zero-order chi connectivity index (χ0) is 7.28. The molecular formula is C6H11O3-. The van der Waals surface area contributed by atoms with Gasteiger partial charge in [-0.3, -0.25) is 0 Å². The van der Waals surface area contributed by atoms with E-state index in [-0.39, 0.29) is 12.5 Å². The molecule has 9 heavy (non-hydrogen) atoms.